The number of halogens is 1. The van der Waals surface area contributed by atoms with Gasteiger partial charge < -0.3 is 16.8 Å². The maximum atomic E-state index is 11.6. The Kier molecular flexibility index (Phi) is 6.65. The van der Waals surface area contributed by atoms with Crippen LogP contribution >= 0.6 is 12.4 Å². The lowest BCUT2D eigenvalue weighted by Gasteiger charge is -2.29. The van der Waals surface area contributed by atoms with E-state index >= 15 is 0 Å². The summed E-state index contributed by atoms with van der Waals surface area (Å²) in [6.45, 7) is 4.20. The van der Waals surface area contributed by atoms with Gasteiger partial charge in [-0.3, -0.25) is 4.79 Å². The van der Waals surface area contributed by atoms with Crippen molar-refractivity contribution >= 4 is 24.0 Å². The zero-order valence-electron chi connectivity index (χ0n) is 12.8. The van der Waals surface area contributed by atoms with E-state index in [1.165, 1.54) is 5.56 Å². The molecule has 2 rings (SSSR count). The third-order valence-electron chi connectivity index (χ3n) is 4.38. The third-order valence-corrected chi connectivity index (χ3v) is 4.38. The second kappa shape index (κ2) is 7.78. The Morgan fingerprint density at radius 1 is 1.19 bits per heavy atom. The molecular formula is C16H26ClN3O. The number of amides is 1. The van der Waals surface area contributed by atoms with Crippen molar-refractivity contribution in [1.29, 1.82) is 0 Å². The number of rotatable bonds is 6. The van der Waals surface area contributed by atoms with Crippen LogP contribution in [-0.2, 0) is 17.6 Å². The summed E-state index contributed by atoms with van der Waals surface area (Å²) in [5, 5.41) is 2.90. The summed E-state index contributed by atoms with van der Waals surface area (Å²) in [6.07, 6.45) is 3.16. The summed E-state index contributed by atoms with van der Waals surface area (Å²) in [5.41, 5.74) is 15.8. The van der Waals surface area contributed by atoms with Crippen LogP contribution in [0.15, 0.2) is 18.2 Å². The van der Waals surface area contributed by atoms with Crippen molar-refractivity contribution in [2.45, 2.75) is 51.6 Å². The second-order valence-corrected chi connectivity index (χ2v) is 5.68. The van der Waals surface area contributed by atoms with E-state index in [1.807, 2.05) is 12.1 Å². The van der Waals surface area contributed by atoms with Crippen molar-refractivity contribution in [2.75, 3.05) is 5.32 Å². The van der Waals surface area contributed by atoms with Crippen molar-refractivity contribution in [1.82, 2.24) is 0 Å². The molecule has 5 heteroatoms. The Morgan fingerprint density at radius 3 is 2.38 bits per heavy atom. The molecule has 1 aliphatic heterocycles. The average Bonchev–Trinajstić information content (AvgIpc) is 2.84. The van der Waals surface area contributed by atoms with Gasteiger partial charge in [-0.25, -0.2) is 0 Å². The monoisotopic (exact) mass is 311 g/mol. The molecule has 1 amide bonds. The van der Waals surface area contributed by atoms with Crippen LogP contribution in [0.1, 0.15) is 37.8 Å². The topological polar surface area (TPSA) is 81.1 Å². The van der Waals surface area contributed by atoms with E-state index in [1.54, 1.807) is 0 Å². The van der Waals surface area contributed by atoms with Crippen LogP contribution in [0.3, 0.4) is 0 Å². The lowest BCUT2D eigenvalue weighted by Crippen LogP contribution is -2.43. The highest BCUT2D eigenvalue weighted by Gasteiger charge is 2.26. The van der Waals surface area contributed by atoms with Crippen LogP contribution in [0.5, 0.6) is 0 Å². The molecule has 0 bridgehead atoms. The molecule has 0 fully saturated rings. The molecule has 118 valence electrons. The molecule has 1 aliphatic rings. The average molecular weight is 312 g/mol. The molecule has 1 heterocycles. The summed E-state index contributed by atoms with van der Waals surface area (Å²) in [6, 6.07) is 6.25. The highest BCUT2D eigenvalue weighted by molar-refractivity contribution is 5.99. The number of anilines is 1. The van der Waals surface area contributed by atoms with E-state index in [9.17, 15) is 4.79 Å². The minimum atomic E-state index is 0. The number of nitrogens with two attached hydrogens (primary N) is 2. The van der Waals surface area contributed by atoms with Gasteiger partial charge in [0.25, 0.3) is 0 Å². The van der Waals surface area contributed by atoms with Crippen LogP contribution in [0.4, 0.5) is 5.69 Å². The number of hydrogen-bond acceptors (Lipinski definition) is 3. The van der Waals surface area contributed by atoms with Crippen molar-refractivity contribution in [3.05, 3.63) is 29.3 Å². The molecule has 5 N–H and O–H groups in total. The first-order valence-electron chi connectivity index (χ1n) is 7.48. The predicted octanol–water partition coefficient (Wildman–Crippen LogP) is 2.24. The Hall–Kier alpha value is -1.10. The van der Waals surface area contributed by atoms with Gasteiger partial charge in [-0.1, -0.05) is 26.0 Å². The van der Waals surface area contributed by atoms with Crippen LogP contribution in [0.2, 0.25) is 0 Å². The van der Waals surface area contributed by atoms with E-state index in [-0.39, 0.29) is 36.3 Å². The lowest BCUT2D eigenvalue weighted by atomic mass is 9.83. The van der Waals surface area contributed by atoms with Crippen molar-refractivity contribution < 1.29 is 4.79 Å². The molecule has 1 aromatic rings. The molecule has 0 spiro atoms. The SMILES string of the molecule is CCC(N)C(Cc1cccc2c1CC(=O)N2)C(N)CC.Cl. The van der Waals surface area contributed by atoms with Crippen molar-refractivity contribution in [2.24, 2.45) is 17.4 Å². The van der Waals surface area contributed by atoms with Gasteiger partial charge in [0, 0.05) is 17.8 Å². The molecular weight excluding hydrogens is 286 g/mol. The molecule has 0 aliphatic carbocycles. The van der Waals surface area contributed by atoms with Gasteiger partial charge >= 0.3 is 0 Å². The number of fused-ring (bicyclic) bond motifs is 1. The van der Waals surface area contributed by atoms with Gasteiger partial charge in [0.15, 0.2) is 0 Å². The fraction of sp³-hybridized carbons (Fsp3) is 0.562. The molecule has 21 heavy (non-hydrogen) atoms. The first-order valence-corrected chi connectivity index (χ1v) is 7.48. The lowest BCUT2D eigenvalue weighted by molar-refractivity contribution is -0.115. The van der Waals surface area contributed by atoms with Crippen LogP contribution in [0, 0.1) is 5.92 Å². The van der Waals surface area contributed by atoms with Gasteiger partial charge in [0.2, 0.25) is 5.91 Å². The van der Waals surface area contributed by atoms with E-state index < -0.39 is 0 Å². The molecule has 0 radical (unpaired) electrons. The number of carbonyl (C=O) groups is 1. The molecule has 0 saturated heterocycles. The Labute approximate surface area is 133 Å². The zero-order chi connectivity index (χ0) is 14.7. The molecule has 1 aromatic carbocycles. The normalized spacial score (nSPS) is 17.4. The molecule has 0 aromatic heterocycles. The summed E-state index contributed by atoms with van der Waals surface area (Å²) >= 11 is 0. The maximum absolute atomic E-state index is 11.6. The van der Waals surface area contributed by atoms with Gasteiger partial charge in [0.05, 0.1) is 6.42 Å². The Balaban J connectivity index is 0.00000220. The highest BCUT2D eigenvalue weighted by Crippen LogP contribution is 2.29. The minimum absolute atomic E-state index is 0. The number of carbonyl (C=O) groups excluding carboxylic acids is 1. The first-order chi connectivity index (χ1) is 9.56. The van der Waals surface area contributed by atoms with Crippen molar-refractivity contribution in [3.8, 4) is 0 Å². The largest absolute Gasteiger partial charge is 0.327 e. The summed E-state index contributed by atoms with van der Waals surface area (Å²) in [4.78, 5) is 11.6. The quantitative estimate of drug-likeness (QED) is 0.753. The number of nitrogens with one attached hydrogen (secondary N) is 1. The van der Waals surface area contributed by atoms with E-state index in [4.69, 9.17) is 11.5 Å². The number of benzene rings is 1. The summed E-state index contributed by atoms with van der Waals surface area (Å²) in [5.74, 6) is 0.329. The van der Waals surface area contributed by atoms with E-state index in [2.05, 4.69) is 25.2 Å². The second-order valence-electron chi connectivity index (χ2n) is 5.68. The summed E-state index contributed by atoms with van der Waals surface area (Å²) in [7, 11) is 0. The molecule has 2 unspecified atom stereocenters. The predicted molar refractivity (Wildman–Crippen MR) is 89.8 cm³/mol. The fourth-order valence-corrected chi connectivity index (χ4v) is 2.99. The van der Waals surface area contributed by atoms with E-state index in [0.29, 0.717) is 6.42 Å². The standard InChI is InChI=1S/C16H25N3O.ClH/c1-3-13(17)12(14(18)4-2)8-10-6-5-7-15-11(10)9-16(20)19-15;/h5-7,12-14H,3-4,8-9,17-18H2,1-2H3,(H,19,20);1H. The first kappa shape index (κ1) is 18.0. The molecule has 0 saturated carbocycles. The Morgan fingerprint density at radius 2 is 1.81 bits per heavy atom. The van der Waals surface area contributed by atoms with Gasteiger partial charge in [-0.05, 0) is 42.4 Å². The van der Waals surface area contributed by atoms with Gasteiger partial charge in [0.1, 0.15) is 0 Å². The maximum Gasteiger partial charge on any atom is 0.228 e. The Bertz CT molecular complexity index is 482. The van der Waals surface area contributed by atoms with E-state index in [0.717, 1.165) is 30.5 Å². The zero-order valence-corrected chi connectivity index (χ0v) is 13.6. The summed E-state index contributed by atoms with van der Waals surface area (Å²) < 4.78 is 0. The van der Waals surface area contributed by atoms with Crippen LogP contribution in [0.25, 0.3) is 0 Å². The minimum Gasteiger partial charge on any atom is -0.327 e. The highest BCUT2D eigenvalue weighted by atomic mass is 35.5. The van der Waals surface area contributed by atoms with Crippen molar-refractivity contribution in [3.63, 3.8) is 0 Å². The van der Waals surface area contributed by atoms with Crippen LogP contribution in [-0.4, -0.2) is 18.0 Å². The smallest absolute Gasteiger partial charge is 0.228 e. The van der Waals surface area contributed by atoms with Gasteiger partial charge in [-0.15, -0.1) is 12.4 Å². The van der Waals surface area contributed by atoms with Gasteiger partial charge in [-0.2, -0.15) is 0 Å². The third kappa shape index (κ3) is 3.96. The molecule has 4 nitrogen and oxygen atoms in total. The molecule has 2 atom stereocenters. The number of hydrogen-bond donors (Lipinski definition) is 3. The fourth-order valence-electron chi connectivity index (χ4n) is 2.99. The van der Waals surface area contributed by atoms with Crippen LogP contribution < -0.4 is 16.8 Å².